The van der Waals surface area contributed by atoms with E-state index in [1.54, 1.807) is 4.70 Å². The Morgan fingerprint density at radius 2 is 0.905 bits per heavy atom. The first-order valence-electron chi connectivity index (χ1n) is 16.9. The molecule has 0 atom stereocenters. The van der Waals surface area contributed by atoms with Crippen LogP contribution < -0.4 is 0 Å². The Morgan fingerprint density at radius 1 is 0.524 bits per heavy atom. The molecule has 0 aliphatic carbocycles. The predicted octanol–water partition coefficient (Wildman–Crippen LogP) is 13.0. The van der Waals surface area contributed by atoms with E-state index in [-0.39, 0.29) is 0 Å². The third-order valence-electron chi connectivity index (χ3n) is 8.21. The molecule has 1 aliphatic heterocycles. The summed E-state index contributed by atoms with van der Waals surface area (Å²) < 4.78 is 1.57. The molecule has 0 amide bonds. The molecule has 0 N–H and O–H groups in total. The first-order chi connectivity index (χ1) is 20.6. The molecule has 3 rings (SSSR count). The Morgan fingerprint density at radius 3 is 1.36 bits per heavy atom. The van der Waals surface area contributed by atoms with E-state index in [0.29, 0.717) is 0 Å². The van der Waals surface area contributed by atoms with Crippen LogP contribution in [0.2, 0.25) is 10.8 Å². The monoisotopic (exact) mass is 662 g/mol. The molecule has 0 aromatic heterocycles. The van der Waals surface area contributed by atoms with Gasteiger partial charge in [0.2, 0.25) is 11.4 Å². The molecule has 2 aromatic carbocycles. The zero-order valence-corrected chi connectivity index (χ0v) is 29.4. The third-order valence-corrected chi connectivity index (χ3v) is 8.21. The first-order valence-corrected chi connectivity index (χ1v) is 20.0. The quantitative estimate of drug-likeness (QED) is 0.0812. The fourth-order valence-corrected chi connectivity index (χ4v) is 5.95. The Hall–Kier alpha value is -1.82. The molecule has 2 aromatic rings. The SMILES string of the molecule is CCCCCCC1=C(c2cccc(CCCCC)c2)[N+](=[N-])C(c2cccc(CCCCCC)c2)=C1CCCC.[CH3][Pd][CH3]. The van der Waals surface area contributed by atoms with Crippen molar-refractivity contribution in [3.05, 3.63) is 87.5 Å². The molecule has 0 radical (unpaired) electrons. The summed E-state index contributed by atoms with van der Waals surface area (Å²) in [7, 11) is 0. The number of unbranched alkanes of at least 4 members (excludes halogenated alkanes) is 9. The first kappa shape index (κ1) is 36.4. The summed E-state index contributed by atoms with van der Waals surface area (Å²) in [5.74, 6) is 0. The van der Waals surface area contributed by atoms with E-state index in [4.69, 9.17) is 0 Å². The maximum atomic E-state index is 12.0. The molecule has 1 heterocycles. The molecule has 42 heavy (non-hydrogen) atoms. The fourth-order valence-electron chi connectivity index (χ4n) is 5.95. The van der Waals surface area contributed by atoms with Crippen molar-refractivity contribution in [1.82, 2.24) is 0 Å². The summed E-state index contributed by atoms with van der Waals surface area (Å²) in [5.41, 5.74) is 21.8. The van der Waals surface area contributed by atoms with Crippen LogP contribution in [-0.2, 0) is 30.8 Å². The number of benzene rings is 2. The van der Waals surface area contributed by atoms with Crippen molar-refractivity contribution in [2.75, 3.05) is 0 Å². The Labute approximate surface area is 268 Å². The number of aryl methyl sites for hydroxylation is 2. The normalized spacial score (nSPS) is 13.2. The predicted molar refractivity (Wildman–Crippen MR) is 181 cm³/mol. The van der Waals surface area contributed by atoms with Crippen molar-refractivity contribution >= 4 is 11.4 Å². The van der Waals surface area contributed by atoms with Crippen molar-refractivity contribution in [3.63, 3.8) is 0 Å². The van der Waals surface area contributed by atoms with Crippen LogP contribution in [0.4, 0.5) is 0 Å². The van der Waals surface area contributed by atoms with E-state index in [2.05, 4.69) is 87.0 Å². The second kappa shape index (κ2) is 21.8. The average molecular weight is 663 g/mol. The molecular weight excluding hydrogens is 603 g/mol. The van der Waals surface area contributed by atoms with Gasteiger partial charge in [0.15, 0.2) is 0 Å². The standard InChI is InChI=1S/C37H54N2.2CH3.Pd/c1-5-9-13-16-21-31-23-19-24-32(29-31)36-34(26-12-8-4)35(27-17-14-10-6-2)37(39(36)38)33-25-18-22-30(28-33)20-15-11-7-3;;;/h18-19,22-25,28-29H,5-17,20-21,26-27H2,1-4H3;2*1H3;. The van der Waals surface area contributed by atoms with E-state index < -0.39 is 0 Å². The van der Waals surface area contributed by atoms with Crippen molar-refractivity contribution in [2.24, 2.45) is 0 Å². The molecule has 0 fully saturated rings. The molecule has 0 unspecified atom stereocenters. The zero-order chi connectivity index (χ0) is 30.6. The summed E-state index contributed by atoms with van der Waals surface area (Å²) in [5, 5.41) is 4.35. The van der Waals surface area contributed by atoms with Gasteiger partial charge >= 0.3 is 28.8 Å². The van der Waals surface area contributed by atoms with Crippen LogP contribution in [0.1, 0.15) is 146 Å². The third kappa shape index (κ3) is 11.7. The van der Waals surface area contributed by atoms with E-state index in [1.807, 2.05) is 0 Å². The molecular formula is C39H60N2Pd. The topological polar surface area (TPSA) is 25.3 Å². The van der Waals surface area contributed by atoms with Gasteiger partial charge in [-0.3, -0.25) is 0 Å². The van der Waals surface area contributed by atoms with Gasteiger partial charge < -0.3 is 5.53 Å². The van der Waals surface area contributed by atoms with Crippen LogP contribution in [0.25, 0.3) is 16.9 Å². The minimum atomic E-state index is 0.950. The maximum absolute atomic E-state index is 12.0. The van der Waals surface area contributed by atoms with Gasteiger partial charge in [-0.15, -0.1) is 0 Å². The van der Waals surface area contributed by atoms with Crippen molar-refractivity contribution in [2.45, 2.75) is 148 Å². The summed E-state index contributed by atoms with van der Waals surface area (Å²) in [6.45, 7) is 9.08. The van der Waals surface area contributed by atoms with E-state index in [9.17, 15) is 5.53 Å². The second-order valence-electron chi connectivity index (χ2n) is 11.9. The second-order valence-corrected chi connectivity index (χ2v) is 13.4. The Balaban J connectivity index is 0.00000197. The van der Waals surface area contributed by atoms with Gasteiger partial charge in [0.1, 0.15) is 0 Å². The molecule has 236 valence electrons. The van der Waals surface area contributed by atoms with Crippen LogP contribution in [-0.4, -0.2) is 4.70 Å². The summed E-state index contributed by atoms with van der Waals surface area (Å²) in [6.07, 6.45) is 20.4. The Kier molecular flexibility index (Phi) is 18.9. The summed E-state index contributed by atoms with van der Waals surface area (Å²) in [6, 6.07) is 18.0. The van der Waals surface area contributed by atoms with Crippen molar-refractivity contribution < 1.29 is 22.7 Å². The van der Waals surface area contributed by atoms with Gasteiger partial charge in [-0.05, 0) is 86.8 Å². The summed E-state index contributed by atoms with van der Waals surface area (Å²) in [4.78, 5) is 0. The van der Waals surface area contributed by atoms with Crippen molar-refractivity contribution in [3.8, 4) is 0 Å². The van der Waals surface area contributed by atoms with Gasteiger partial charge in [-0.25, -0.2) is 4.70 Å². The number of allylic oxidation sites excluding steroid dienone is 2. The minimum absolute atomic E-state index is 0.950. The van der Waals surface area contributed by atoms with E-state index in [1.165, 1.54) is 92.9 Å². The van der Waals surface area contributed by atoms with Gasteiger partial charge in [-0.2, -0.15) is 0 Å². The van der Waals surface area contributed by atoms with Gasteiger partial charge in [0.05, 0.1) is 0 Å². The zero-order valence-electron chi connectivity index (χ0n) is 27.9. The van der Waals surface area contributed by atoms with Crippen molar-refractivity contribution in [1.29, 1.82) is 0 Å². The van der Waals surface area contributed by atoms with Crippen LogP contribution in [0, 0.1) is 0 Å². The van der Waals surface area contributed by atoms with Gasteiger partial charge in [0, 0.05) is 22.3 Å². The van der Waals surface area contributed by atoms with E-state index >= 15 is 0 Å². The van der Waals surface area contributed by atoms with E-state index in [0.717, 1.165) is 79.0 Å². The number of rotatable bonds is 19. The molecule has 0 bridgehead atoms. The number of nitrogens with zero attached hydrogens (tertiary/aromatic N) is 2. The summed E-state index contributed by atoms with van der Waals surface area (Å²) >= 11 is 0.950. The van der Waals surface area contributed by atoms with Gasteiger partial charge in [-0.1, -0.05) is 110 Å². The Bertz CT molecular complexity index is 1130. The van der Waals surface area contributed by atoms with Crippen LogP contribution in [0.3, 0.4) is 0 Å². The van der Waals surface area contributed by atoms with Crippen LogP contribution in [0.15, 0.2) is 59.7 Å². The van der Waals surface area contributed by atoms with Gasteiger partial charge in [0.25, 0.3) is 0 Å². The van der Waals surface area contributed by atoms with Crippen LogP contribution >= 0.6 is 0 Å². The number of hydrogen-bond acceptors (Lipinski definition) is 0. The molecule has 0 saturated carbocycles. The molecule has 0 spiro atoms. The molecule has 3 heteroatoms. The molecule has 1 aliphatic rings. The molecule has 0 saturated heterocycles. The van der Waals surface area contributed by atoms with Crippen LogP contribution in [0.5, 0.6) is 0 Å². The fraction of sp³-hybridized carbons (Fsp3) is 0.590. The number of hydrogen-bond donors (Lipinski definition) is 0. The molecule has 2 nitrogen and oxygen atoms in total. The average Bonchev–Trinajstić information content (AvgIpc) is 3.27.